The molecular weight excluding hydrogens is 451 g/mol. The Morgan fingerprint density at radius 3 is 2.77 bits per heavy atom. The number of nitrogens with one attached hydrogen (secondary N) is 1. The fourth-order valence-electron chi connectivity index (χ4n) is 5.49. The van der Waals surface area contributed by atoms with E-state index in [1.165, 1.54) is 18.2 Å². The highest BCUT2D eigenvalue weighted by molar-refractivity contribution is 6.13. The predicted molar refractivity (Wildman–Crippen MR) is 125 cm³/mol. The molecule has 1 fully saturated rings. The third-order valence-electron chi connectivity index (χ3n) is 7.21. The van der Waals surface area contributed by atoms with Crippen molar-refractivity contribution < 1.29 is 23.5 Å². The molecule has 9 heteroatoms. The van der Waals surface area contributed by atoms with Crippen molar-refractivity contribution in [2.75, 3.05) is 29.9 Å². The fraction of sp³-hybridized carbons (Fsp3) is 0.308. The number of hydrogen-bond donors (Lipinski definition) is 1. The number of carbonyl (C=O) groups excluding carboxylic acids is 3. The molecule has 1 aromatic carbocycles. The third-order valence-corrected chi connectivity index (χ3v) is 7.21. The van der Waals surface area contributed by atoms with Gasteiger partial charge in [0.05, 0.1) is 6.42 Å². The molecule has 1 spiro atoms. The zero-order valence-corrected chi connectivity index (χ0v) is 18.9. The fourth-order valence-corrected chi connectivity index (χ4v) is 5.49. The van der Waals surface area contributed by atoms with Crippen LogP contribution in [0.3, 0.4) is 0 Å². The summed E-state index contributed by atoms with van der Waals surface area (Å²) in [6.07, 6.45) is 6.18. The van der Waals surface area contributed by atoms with Gasteiger partial charge in [0.1, 0.15) is 17.2 Å². The van der Waals surface area contributed by atoms with Gasteiger partial charge in [0.2, 0.25) is 0 Å². The lowest BCUT2D eigenvalue weighted by molar-refractivity contribution is -0.117. The monoisotopic (exact) mass is 474 g/mol. The van der Waals surface area contributed by atoms with Crippen LogP contribution in [0.1, 0.15) is 30.4 Å². The third kappa shape index (κ3) is 3.67. The van der Waals surface area contributed by atoms with Gasteiger partial charge in [-0.3, -0.25) is 14.9 Å². The van der Waals surface area contributed by atoms with Crippen LogP contribution < -0.4 is 10.2 Å². The summed E-state index contributed by atoms with van der Waals surface area (Å²) in [7, 11) is 0. The molecule has 2 aromatic rings. The maximum Gasteiger partial charge on any atom is 0.413 e. The number of ether oxygens (including phenoxy) is 1. The second kappa shape index (κ2) is 8.04. The predicted octanol–water partition coefficient (Wildman–Crippen LogP) is 3.45. The molecule has 0 unspecified atom stereocenters. The zero-order chi connectivity index (χ0) is 24.2. The Morgan fingerprint density at radius 1 is 1.11 bits per heavy atom. The van der Waals surface area contributed by atoms with Gasteiger partial charge in [0.15, 0.2) is 5.78 Å². The van der Waals surface area contributed by atoms with Crippen molar-refractivity contribution in [2.24, 2.45) is 0 Å². The van der Waals surface area contributed by atoms with Gasteiger partial charge in [-0.25, -0.2) is 14.2 Å². The van der Waals surface area contributed by atoms with Crippen LogP contribution in [0, 0.1) is 5.82 Å². The number of hydrogen-bond acceptors (Lipinski definition) is 6. The van der Waals surface area contributed by atoms with Gasteiger partial charge in [-0.2, -0.15) is 0 Å². The van der Waals surface area contributed by atoms with E-state index in [9.17, 15) is 18.8 Å². The second-order valence-electron chi connectivity index (χ2n) is 9.25. The first-order valence-corrected chi connectivity index (χ1v) is 11.7. The van der Waals surface area contributed by atoms with Gasteiger partial charge in [-0.15, -0.1) is 0 Å². The molecule has 8 nitrogen and oxygen atoms in total. The molecule has 1 N–H and O–H groups in total. The summed E-state index contributed by atoms with van der Waals surface area (Å²) in [5.74, 6) is -0.201. The number of ketones is 1. The molecule has 4 heterocycles. The Labute approximate surface area is 201 Å². The van der Waals surface area contributed by atoms with E-state index in [0.717, 1.165) is 16.8 Å². The highest BCUT2D eigenvalue weighted by Gasteiger charge is 2.45. The number of likely N-dealkylation sites (tertiary alicyclic amines) is 1. The van der Waals surface area contributed by atoms with Crippen molar-refractivity contribution in [3.05, 3.63) is 76.9 Å². The summed E-state index contributed by atoms with van der Waals surface area (Å²) in [6.45, 7) is 1.58. The molecule has 1 aliphatic carbocycles. The van der Waals surface area contributed by atoms with E-state index in [4.69, 9.17) is 4.74 Å². The number of carbonyl (C=O) groups is 3. The van der Waals surface area contributed by atoms with Crippen molar-refractivity contribution in [1.82, 2.24) is 9.88 Å². The number of pyridine rings is 1. The first-order chi connectivity index (χ1) is 16.9. The largest absolute Gasteiger partial charge is 0.437 e. The van der Waals surface area contributed by atoms with Crippen LogP contribution in [0.2, 0.25) is 0 Å². The number of piperidine rings is 1. The van der Waals surface area contributed by atoms with Crippen LogP contribution in [0.4, 0.5) is 20.7 Å². The molecule has 2 amide bonds. The lowest BCUT2D eigenvalue weighted by Crippen LogP contribution is -2.48. The molecule has 6 rings (SSSR count). The van der Waals surface area contributed by atoms with Crippen molar-refractivity contribution in [1.29, 1.82) is 0 Å². The highest BCUT2D eigenvalue weighted by atomic mass is 19.1. The Hall–Kier alpha value is -4.01. The molecule has 4 aliphatic rings. The summed E-state index contributed by atoms with van der Waals surface area (Å²) >= 11 is 0. The summed E-state index contributed by atoms with van der Waals surface area (Å²) in [6, 6.07) is 8.15. The van der Waals surface area contributed by atoms with Crippen LogP contribution in [-0.2, 0) is 26.3 Å². The van der Waals surface area contributed by atoms with E-state index in [2.05, 4.69) is 15.2 Å². The Bertz CT molecular complexity index is 1330. The van der Waals surface area contributed by atoms with Gasteiger partial charge in [0, 0.05) is 61.2 Å². The van der Waals surface area contributed by atoms with Crippen molar-refractivity contribution in [3.8, 4) is 0 Å². The maximum atomic E-state index is 13.6. The molecule has 1 aromatic heterocycles. The minimum atomic E-state index is -0.759. The van der Waals surface area contributed by atoms with Crippen LogP contribution in [0.25, 0.3) is 0 Å². The Balaban J connectivity index is 1.22. The van der Waals surface area contributed by atoms with Gasteiger partial charge in [-0.05, 0) is 54.5 Å². The number of allylic oxidation sites excluding steroid dienone is 2. The summed E-state index contributed by atoms with van der Waals surface area (Å²) in [5.41, 5.74) is 2.68. The molecule has 3 aliphatic heterocycles. The van der Waals surface area contributed by atoms with E-state index >= 15 is 0 Å². The molecule has 0 radical (unpaired) electrons. The number of amides is 2. The van der Waals surface area contributed by atoms with Gasteiger partial charge >= 0.3 is 6.09 Å². The zero-order valence-electron chi connectivity index (χ0n) is 18.9. The SMILES string of the molecule is O=C1C=C(C(=O)N2CCc3cc(F)ccc32)C=C(N2CCC3(CC2)OC(=O)Nc2ncccc23)C1. The summed E-state index contributed by atoms with van der Waals surface area (Å²) < 4.78 is 19.3. The number of nitrogens with zero attached hydrogens (tertiary/aromatic N) is 3. The second-order valence-corrected chi connectivity index (χ2v) is 9.25. The van der Waals surface area contributed by atoms with Crippen molar-refractivity contribution in [3.63, 3.8) is 0 Å². The topological polar surface area (TPSA) is 91.8 Å². The standard InChI is InChI=1S/C26H23FN4O4/c27-18-3-4-22-16(12-18)5-9-31(22)24(33)17-13-19(15-20(32)14-17)30-10-6-26(7-11-30)21-2-1-8-28-23(21)29-25(34)35-26/h1-4,8,12-14H,5-7,9-11,15H2,(H,28,29,34). The van der Waals surface area contributed by atoms with Crippen LogP contribution >= 0.6 is 0 Å². The van der Waals surface area contributed by atoms with E-state index in [1.807, 2.05) is 12.1 Å². The number of rotatable bonds is 2. The highest BCUT2D eigenvalue weighted by Crippen LogP contribution is 2.43. The minimum Gasteiger partial charge on any atom is -0.437 e. The van der Waals surface area contributed by atoms with Crippen molar-refractivity contribution in [2.45, 2.75) is 31.3 Å². The van der Waals surface area contributed by atoms with Crippen molar-refractivity contribution >= 4 is 29.3 Å². The Kier molecular flexibility index (Phi) is 4.94. The van der Waals surface area contributed by atoms with E-state index in [-0.39, 0.29) is 23.9 Å². The lowest BCUT2D eigenvalue weighted by atomic mass is 9.83. The number of aromatic nitrogens is 1. The van der Waals surface area contributed by atoms with Gasteiger partial charge in [0.25, 0.3) is 5.91 Å². The van der Waals surface area contributed by atoms with E-state index < -0.39 is 11.7 Å². The van der Waals surface area contributed by atoms with E-state index in [0.29, 0.717) is 56.0 Å². The summed E-state index contributed by atoms with van der Waals surface area (Å²) in [5, 5.41) is 2.65. The molecule has 0 atom stereocenters. The average Bonchev–Trinajstić information content (AvgIpc) is 3.26. The number of halogens is 1. The molecule has 178 valence electrons. The molecule has 0 bridgehead atoms. The normalized spacial score (nSPS) is 20.5. The van der Waals surface area contributed by atoms with Crippen LogP contribution in [0.5, 0.6) is 0 Å². The first-order valence-electron chi connectivity index (χ1n) is 11.7. The minimum absolute atomic E-state index is 0.132. The summed E-state index contributed by atoms with van der Waals surface area (Å²) in [4.78, 5) is 46.0. The van der Waals surface area contributed by atoms with Gasteiger partial charge < -0.3 is 14.5 Å². The average molecular weight is 474 g/mol. The first kappa shape index (κ1) is 21.5. The molecule has 0 saturated carbocycles. The van der Waals surface area contributed by atoms with Gasteiger partial charge in [-0.1, -0.05) is 0 Å². The van der Waals surface area contributed by atoms with Crippen LogP contribution in [0.15, 0.2) is 60.0 Å². The molecule has 35 heavy (non-hydrogen) atoms. The lowest BCUT2D eigenvalue weighted by Gasteiger charge is -2.45. The number of benzene rings is 1. The molecular formula is C26H23FN4O4. The van der Waals surface area contributed by atoms with Crippen LogP contribution in [-0.4, -0.2) is 47.3 Å². The van der Waals surface area contributed by atoms with E-state index in [1.54, 1.807) is 23.2 Å². The quantitative estimate of drug-likeness (QED) is 0.717. The Morgan fingerprint density at radius 2 is 1.94 bits per heavy atom. The molecule has 1 saturated heterocycles. The smallest absolute Gasteiger partial charge is 0.413 e. The number of anilines is 2. The number of fused-ring (bicyclic) bond motifs is 3. The maximum absolute atomic E-state index is 13.6.